The topological polar surface area (TPSA) is 102 Å². The molecule has 30 heavy (non-hydrogen) atoms. The van der Waals surface area contributed by atoms with E-state index >= 15 is 0 Å². The zero-order chi connectivity index (χ0) is 21.6. The number of rotatable bonds is 8. The Labute approximate surface area is 182 Å². The van der Waals surface area contributed by atoms with Crippen molar-refractivity contribution in [2.75, 3.05) is 11.9 Å². The second-order valence-electron chi connectivity index (χ2n) is 6.04. The first-order valence-corrected chi connectivity index (χ1v) is 11.5. The lowest BCUT2D eigenvalue weighted by atomic mass is 10.3. The Morgan fingerprint density at radius 1 is 1.03 bits per heavy atom. The van der Waals surface area contributed by atoms with Gasteiger partial charge in [0.1, 0.15) is 5.75 Å². The molecule has 3 rings (SSSR count). The van der Waals surface area contributed by atoms with Crippen molar-refractivity contribution >= 4 is 50.5 Å². The van der Waals surface area contributed by atoms with Crippen LogP contribution in [0.3, 0.4) is 0 Å². The highest BCUT2D eigenvalue weighted by Crippen LogP contribution is 2.18. The highest BCUT2D eigenvalue weighted by molar-refractivity contribution is 7.89. The molecule has 156 valence electrons. The fourth-order valence-electron chi connectivity index (χ4n) is 2.39. The van der Waals surface area contributed by atoms with Crippen molar-refractivity contribution in [1.82, 2.24) is 4.72 Å². The molecule has 0 saturated heterocycles. The molecular formula is C20H17ClN2O5S2. The van der Waals surface area contributed by atoms with Crippen LogP contribution in [0.5, 0.6) is 5.75 Å². The molecule has 1 amide bonds. The zero-order valence-corrected chi connectivity index (χ0v) is 17.9. The summed E-state index contributed by atoms with van der Waals surface area (Å²) in [5.74, 6) is -0.535. The van der Waals surface area contributed by atoms with Gasteiger partial charge in [0.05, 0.1) is 16.2 Å². The van der Waals surface area contributed by atoms with Crippen LogP contribution in [-0.2, 0) is 14.8 Å². The Morgan fingerprint density at radius 3 is 2.47 bits per heavy atom. The van der Waals surface area contributed by atoms with Crippen LogP contribution in [0.1, 0.15) is 16.1 Å². The SMILES string of the molecule is O=C(CCNS(=O)(=O)c1cccc(Cl)c1)Oc1ccc(NC(=O)c2cccs2)cc1. The number of thiophene rings is 1. The number of sulfonamides is 1. The van der Waals surface area contributed by atoms with Gasteiger partial charge in [-0.3, -0.25) is 9.59 Å². The number of anilines is 1. The van der Waals surface area contributed by atoms with Crippen LogP contribution in [-0.4, -0.2) is 26.8 Å². The number of hydrogen-bond acceptors (Lipinski definition) is 6. The predicted octanol–water partition coefficient (Wildman–Crippen LogP) is 3.93. The number of ether oxygens (including phenoxy) is 1. The number of amides is 1. The number of halogens is 1. The third kappa shape index (κ3) is 6.14. The van der Waals surface area contributed by atoms with Gasteiger partial charge in [0.25, 0.3) is 5.91 Å². The van der Waals surface area contributed by atoms with Gasteiger partial charge in [-0.25, -0.2) is 13.1 Å². The van der Waals surface area contributed by atoms with Crippen molar-refractivity contribution in [3.8, 4) is 5.75 Å². The first-order valence-electron chi connectivity index (χ1n) is 8.74. The maximum atomic E-state index is 12.2. The maximum absolute atomic E-state index is 12.2. The first kappa shape index (κ1) is 22.0. The molecule has 7 nitrogen and oxygen atoms in total. The lowest BCUT2D eigenvalue weighted by Gasteiger charge is -2.08. The predicted molar refractivity (Wildman–Crippen MR) is 116 cm³/mol. The number of carbonyl (C=O) groups is 2. The van der Waals surface area contributed by atoms with E-state index in [1.165, 1.54) is 41.7 Å². The summed E-state index contributed by atoms with van der Waals surface area (Å²) >= 11 is 7.14. The van der Waals surface area contributed by atoms with Gasteiger partial charge in [-0.15, -0.1) is 11.3 Å². The zero-order valence-electron chi connectivity index (χ0n) is 15.5. The average Bonchev–Trinajstić information content (AvgIpc) is 3.24. The summed E-state index contributed by atoms with van der Waals surface area (Å²) in [6.07, 6.45) is -0.156. The summed E-state index contributed by atoms with van der Waals surface area (Å²) in [5, 5.41) is 4.85. The van der Waals surface area contributed by atoms with Crippen LogP contribution in [0.4, 0.5) is 5.69 Å². The Balaban J connectivity index is 1.47. The van der Waals surface area contributed by atoms with Crippen LogP contribution in [0.15, 0.2) is 70.9 Å². The highest BCUT2D eigenvalue weighted by atomic mass is 35.5. The van der Waals surface area contributed by atoms with Crippen molar-refractivity contribution in [3.05, 3.63) is 75.9 Å². The normalized spacial score (nSPS) is 11.1. The molecule has 0 aliphatic carbocycles. The number of carbonyl (C=O) groups excluding carboxylic acids is 2. The first-order chi connectivity index (χ1) is 14.3. The summed E-state index contributed by atoms with van der Waals surface area (Å²) in [4.78, 5) is 24.6. The quantitative estimate of drug-likeness (QED) is 0.388. The van der Waals surface area contributed by atoms with Crippen molar-refractivity contribution < 1.29 is 22.7 Å². The minimum Gasteiger partial charge on any atom is -0.426 e. The molecule has 0 aliphatic heterocycles. The van der Waals surface area contributed by atoms with Gasteiger partial charge >= 0.3 is 5.97 Å². The van der Waals surface area contributed by atoms with Crippen molar-refractivity contribution in [2.24, 2.45) is 0 Å². The second kappa shape index (κ2) is 9.86. The van der Waals surface area contributed by atoms with E-state index in [4.69, 9.17) is 16.3 Å². The minimum absolute atomic E-state index is 0.0172. The molecule has 2 aromatic carbocycles. The second-order valence-corrected chi connectivity index (χ2v) is 9.19. The summed E-state index contributed by atoms with van der Waals surface area (Å²) in [5.41, 5.74) is 0.558. The van der Waals surface area contributed by atoms with E-state index in [1.807, 2.05) is 5.38 Å². The summed E-state index contributed by atoms with van der Waals surface area (Å²) in [7, 11) is -3.77. The van der Waals surface area contributed by atoms with Crippen LogP contribution < -0.4 is 14.8 Å². The molecule has 3 aromatic rings. The maximum Gasteiger partial charge on any atom is 0.312 e. The molecule has 0 atom stereocenters. The summed E-state index contributed by atoms with van der Waals surface area (Å²) in [6.45, 7) is -0.122. The molecular weight excluding hydrogens is 448 g/mol. The molecule has 2 N–H and O–H groups in total. The van der Waals surface area contributed by atoms with Crippen molar-refractivity contribution in [1.29, 1.82) is 0 Å². The third-order valence-electron chi connectivity index (χ3n) is 3.82. The highest BCUT2D eigenvalue weighted by Gasteiger charge is 2.15. The van der Waals surface area contributed by atoms with Crippen LogP contribution in [0.2, 0.25) is 5.02 Å². The molecule has 0 spiro atoms. The Morgan fingerprint density at radius 2 is 1.80 bits per heavy atom. The molecule has 1 heterocycles. The molecule has 0 radical (unpaired) electrons. The number of esters is 1. The smallest absolute Gasteiger partial charge is 0.312 e. The Bertz CT molecular complexity index is 1130. The number of benzene rings is 2. The standard InChI is InChI=1S/C20H17ClN2O5S2/c21-14-3-1-4-17(13-14)30(26,27)22-11-10-19(24)28-16-8-6-15(7-9-16)23-20(25)18-5-2-12-29-18/h1-9,12-13,22H,10-11H2,(H,23,25). The van der Waals surface area contributed by atoms with E-state index in [-0.39, 0.29) is 29.5 Å². The van der Waals surface area contributed by atoms with E-state index in [0.29, 0.717) is 15.6 Å². The van der Waals surface area contributed by atoms with Gasteiger partial charge in [0, 0.05) is 17.3 Å². The Kier molecular flexibility index (Phi) is 7.22. The van der Waals surface area contributed by atoms with Gasteiger partial charge in [-0.2, -0.15) is 0 Å². The van der Waals surface area contributed by atoms with Crippen molar-refractivity contribution in [3.63, 3.8) is 0 Å². The molecule has 10 heteroatoms. The molecule has 0 fully saturated rings. The third-order valence-corrected chi connectivity index (χ3v) is 6.38. The van der Waals surface area contributed by atoms with Crippen LogP contribution in [0.25, 0.3) is 0 Å². The Hall–Kier alpha value is -2.72. The lowest BCUT2D eigenvalue weighted by molar-refractivity contribution is -0.134. The minimum atomic E-state index is -3.77. The van der Waals surface area contributed by atoms with Crippen LogP contribution in [0, 0.1) is 0 Å². The van der Waals surface area contributed by atoms with Crippen LogP contribution >= 0.6 is 22.9 Å². The molecule has 0 saturated carbocycles. The van der Waals surface area contributed by atoms with Gasteiger partial charge < -0.3 is 10.1 Å². The average molecular weight is 465 g/mol. The van der Waals surface area contributed by atoms with Gasteiger partial charge in [0.2, 0.25) is 10.0 Å². The molecule has 1 aromatic heterocycles. The monoisotopic (exact) mass is 464 g/mol. The van der Waals surface area contributed by atoms with Crippen molar-refractivity contribution in [2.45, 2.75) is 11.3 Å². The van der Waals surface area contributed by atoms with Gasteiger partial charge in [-0.1, -0.05) is 23.7 Å². The summed E-state index contributed by atoms with van der Waals surface area (Å²) in [6, 6.07) is 15.6. The number of hydrogen-bond donors (Lipinski definition) is 2. The summed E-state index contributed by atoms with van der Waals surface area (Å²) < 4.78 is 31.9. The van der Waals surface area contributed by atoms with Gasteiger partial charge in [-0.05, 0) is 53.9 Å². The lowest BCUT2D eigenvalue weighted by Crippen LogP contribution is -2.27. The van der Waals surface area contributed by atoms with Gasteiger partial charge in [0.15, 0.2) is 0 Å². The van der Waals surface area contributed by atoms with E-state index in [9.17, 15) is 18.0 Å². The van der Waals surface area contributed by atoms with E-state index in [1.54, 1.807) is 30.3 Å². The number of nitrogens with one attached hydrogen (secondary N) is 2. The fourth-order valence-corrected chi connectivity index (χ4v) is 4.35. The largest absolute Gasteiger partial charge is 0.426 e. The molecule has 0 bridgehead atoms. The van der Waals surface area contributed by atoms with E-state index in [0.717, 1.165) is 0 Å². The molecule has 0 aliphatic rings. The fraction of sp³-hybridized carbons (Fsp3) is 0.100. The van der Waals surface area contributed by atoms with E-state index in [2.05, 4.69) is 10.0 Å². The molecule has 0 unspecified atom stereocenters. The van der Waals surface area contributed by atoms with E-state index < -0.39 is 16.0 Å².